The molecule has 0 bridgehead atoms. The Balaban J connectivity index is 2.70. The predicted molar refractivity (Wildman–Crippen MR) is 81.4 cm³/mol. The van der Waals surface area contributed by atoms with Gasteiger partial charge in [0.1, 0.15) is 6.07 Å². The average molecular weight is 321 g/mol. The molecule has 5 nitrogen and oxygen atoms in total. The number of nitriles is 1. The molecule has 1 fully saturated rings. The van der Waals surface area contributed by atoms with Crippen molar-refractivity contribution < 1.29 is 17.9 Å². The molecule has 0 atom stereocenters. The molecule has 0 unspecified atom stereocenters. The maximum atomic E-state index is 12.2. The zero-order valence-corrected chi connectivity index (χ0v) is 13.6. The summed E-state index contributed by atoms with van der Waals surface area (Å²) in [6.45, 7) is 0. The number of esters is 1. The van der Waals surface area contributed by atoms with Crippen LogP contribution < -0.4 is 0 Å². The highest BCUT2D eigenvalue weighted by atomic mass is 32.2. The Hall–Kier alpha value is -1.87. The van der Waals surface area contributed by atoms with Gasteiger partial charge in [-0.25, -0.2) is 13.2 Å². The van der Waals surface area contributed by atoms with Crippen LogP contribution in [0.2, 0.25) is 0 Å². The number of carbonyl (C=O) groups excluding carboxylic acids is 1. The first-order valence-corrected chi connectivity index (χ1v) is 9.14. The van der Waals surface area contributed by atoms with Crippen LogP contribution in [-0.4, -0.2) is 27.8 Å². The summed E-state index contributed by atoms with van der Waals surface area (Å²) in [7, 11) is -2.41. The summed E-state index contributed by atoms with van der Waals surface area (Å²) >= 11 is 0. The third-order valence-electron chi connectivity index (χ3n) is 4.12. The Morgan fingerprint density at radius 1 is 1.27 bits per heavy atom. The van der Waals surface area contributed by atoms with Gasteiger partial charge in [-0.2, -0.15) is 5.26 Å². The first-order chi connectivity index (χ1) is 10.4. The molecule has 0 spiro atoms. The van der Waals surface area contributed by atoms with Crippen molar-refractivity contribution in [2.24, 2.45) is 0 Å². The molecule has 22 heavy (non-hydrogen) atoms. The molecule has 1 aromatic rings. The second kappa shape index (κ2) is 6.49. The number of benzene rings is 1. The monoisotopic (exact) mass is 321 g/mol. The minimum Gasteiger partial charge on any atom is -0.465 e. The lowest BCUT2D eigenvalue weighted by Crippen LogP contribution is -2.15. The van der Waals surface area contributed by atoms with E-state index in [-0.39, 0.29) is 21.9 Å². The number of ether oxygens (including phenoxy) is 1. The maximum Gasteiger partial charge on any atom is 0.339 e. The van der Waals surface area contributed by atoms with Crippen molar-refractivity contribution in [3.05, 3.63) is 28.8 Å². The summed E-state index contributed by atoms with van der Waals surface area (Å²) in [6, 6.07) is 5.05. The van der Waals surface area contributed by atoms with Gasteiger partial charge in [0.2, 0.25) is 0 Å². The first-order valence-electron chi connectivity index (χ1n) is 7.25. The van der Waals surface area contributed by atoms with Crippen LogP contribution in [0.15, 0.2) is 17.0 Å². The van der Waals surface area contributed by atoms with Gasteiger partial charge in [0, 0.05) is 6.26 Å². The quantitative estimate of drug-likeness (QED) is 0.799. The topological polar surface area (TPSA) is 84.2 Å². The van der Waals surface area contributed by atoms with E-state index in [1.54, 1.807) is 6.07 Å². The highest BCUT2D eigenvalue weighted by Crippen LogP contribution is 2.38. The molecule has 0 N–H and O–H groups in total. The van der Waals surface area contributed by atoms with Crippen LogP contribution in [0.4, 0.5) is 0 Å². The molecular weight excluding hydrogens is 302 g/mol. The number of carbonyl (C=O) groups is 1. The van der Waals surface area contributed by atoms with Crippen LogP contribution in [0.25, 0.3) is 0 Å². The molecule has 1 saturated carbocycles. The summed E-state index contributed by atoms with van der Waals surface area (Å²) in [5, 5.41) is 9.41. The van der Waals surface area contributed by atoms with E-state index >= 15 is 0 Å². The largest absolute Gasteiger partial charge is 0.465 e. The van der Waals surface area contributed by atoms with Gasteiger partial charge < -0.3 is 4.74 Å². The lowest BCUT2D eigenvalue weighted by atomic mass is 9.83. The van der Waals surface area contributed by atoms with Gasteiger partial charge in [0.25, 0.3) is 0 Å². The highest BCUT2D eigenvalue weighted by molar-refractivity contribution is 7.90. The second-order valence-corrected chi connectivity index (χ2v) is 7.57. The summed E-state index contributed by atoms with van der Waals surface area (Å²) in [5.74, 6) is -0.575. The third-order valence-corrected chi connectivity index (χ3v) is 5.30. The molecule has 0 heterocycles. The van der Waals surface area contributed by atoms with Crippen LogP contribution in [0.5, 0.6) is 0 Å². The summed E-state index contributed by atoms with van der Waals surface area (Å²) in [4.78, 5) is 11.8. The van der Waals surface area contributed by atoms with E-state index in [1.807, 2.05) is 6.07 Å². The minimum atomic E-state index is -3.62. The highest BCUT2D eigenvalue weighted by Gasteiger charge is 2.29. The molecule has 0 aromatic heterocycles. The molecule has 1 aliphatic rings. The molecule has 0 amide bonds. The minimum absolute atomic E-state index is 0.00462. The van der Waals surface area contributed by atoms with E-state index in [1.165, 1.54) is 13.2 Å². The molecule has 1 aliphatic carbocycles. The van der Waals surface area contributed by atoms with Crippen molar-refractivity contribution in [1.82, 2.24) is 0 Å². The van der Waals surface area contributed by atoms with Gasteiger partial charge in [0.15, 0.2) is 9.84 Å². The Morgan fingerprint density at radius 2 is 1.91 bits per heavy atom. The lowest BCUT2D eigenvalue weighted by molar-refractivity contribution is 0.0600. The van der Waals surface area contributed by atoms with Crippen LogP contribution in [-0.2, 0) is 14.6 Å². The first kappa shape index (κ1) is 16.5. The number of sulfone groups is 1. The van der Waals surface area contributed by atoms with Crippen LogP contribution in [0, 0.1) is 11.3 Å². The fourth-order valence-electron chi connectivity index (χ4n) is 3.12. The number of methoxy groups -OCH3 is 1. The van der Waals surface area contributed by atoms with Gasteiger partial charge in [-0.3, -0.25) is 0 Å². The molecule has 6 heteroatoms. The maximum absolute atomic E-state index is 12.2. The lowest BCUT2D eigenvalue weighted by Gasteiger charge is -2.24. The summed E-state index contributed by atoms with van der Waals surface area (Å²) in [5.41, 5.74) is 0.564. The fraction of sp³-hybridized carbons (Fsp3) is 0.500. The Labute approximate surface area is 130 Å². The van der Waals surface area contributed by atoms with Crippen molar-refractivity contribution in [1.29, 1.82) is 5.26 Å². The Morgan fingerprint density at radius 3 is 2.41 bits per heavy atom. The molecule has 0 saturated heterocycles. The van der Waals surface area contributed by atoms with E-state index in [2.05, 4.69) is 4.74 Å². The van der Waals surface area contributed by atoms with Gasteiger partial charge >= 0.3 is 5.97 Å². The predicted octanol–water partition coefficient (Wildman–Crippen LogP) is 2.80. The molecule has 1 aromatic carbocycles. The second-order valence-electron chi connectivity index (χ2n) is 5.62. The molecular formula is C16H19NO4S. The van der Waals surface area contributed by atoms with E-state index in [0.717, 1.165) is 38.4 Å². The van der Waals surface area contributed by atoms with E-state index in [0.29, 0.717) is 5.56 Å². The smallest absolute Gasteiger partial charge is 0.339 e. The van der Waals surface area contributed by atoms with E-state index in [4.69, 9.17) is 0 Å². The van der Waals surface area contributed by atoms with Gasteiger partial charge in [-0.05, 0) is 30.4 Å². The van der Waals surface area contributed by atoms with Gasteiger partial charge in [-0.15, -0.1) is 0 Å². The Kier molecular flexibility index (Phi) is 4.87. The van der Waals surface area contributed by atoms with Crippen molar-refractivity contribution >= 4 is 15.8 Å². The molecule has 2 rings (SSSR count). The number of hydrogen-bond acceptors (Lipinski definition) is 5. The van der Waals surface area contributed by atoms with Crippen LogP contribution in [0.3, 0.4) is 0 Å². The third kappa shape index (κ3) is 3.14. The van der Waals surface area contributed by atoms with Gasteiger partial charge in [0.05, 0.1) is 23.1 Å². The van der Waals surface area contributed by atoms with Crippen molar-refractivity contribution in [2.45, 2.75) is 42.9 Å². The molecule has 118 valence electrons. The van der Waals surface area contributed by atoms with Crippen molar-refractivity contribution in [2.75, 3.05) is 13.4 Å². The van der Waals surface area contributed by atoms with Crippen LogP contribution >= 0.6 is 0 Å². The number of rotatable bonds is 3. The molecule has 0 aliphatic heterocycles. The van der Waals surface area contributed by atoms with E-state index < -0.39 is 15.8 Å². The van der Waals surface area contributed by atoms with Crippen molar-refractivity contribution in [3.8, 4) is 6.07 Å². The van der Waals surface area contributed by atoms with Crippen LogP contribution in [0.1, 0.15) is 59.5 Å². The zero-order valence-electron chi connectivity index (χ0n) is 12.8. The Bertz CT molecular complexity index is 725. The standard InChI is InChI=1S/C16H19NO4S/c1-21-16(18)13-9-8-12(11-6-4-3-5-7-11)15(14(13)10-17)22(2,19)20/h8-9,11H,3-7H2,1-2H3. The number of nitrogens with zero attached hydrogens (tertiary/aromatic N) is 1. The summed E-state index contributed by atoms with van der Waals surface area (Å²) in [6.07, 6.45) is 6.14. The molecule has 0 radical (unpaired) electrons. The van der Waals surface area contributed by atoms with Crippen molar-refractivity contribution in [3.63, 3.8) is 0 Å². The average Bonchev–Trinajstić information content (AvgIpc) is 2.52. The number of hydrogen-bond donors (Lipinski definition) is 0. The van der Waals surface area contributed by atoms with E-state index in [9.17, 15) is 18.5 Å². The van der Waals surface area contributed by atoms with Gasteiger partial charge in [-0.1, -0.05) is 25.3 Å². The fourth-order valence-corrected chi connectivity index (χ4v) is 4.31. The SMILES string of the molecule is COC(=O)c1ccc(C2CCCCC2)c(S(C)(=O)=O)c1C#N. The summed E-state index contributed by atoms with van der Waals surface area (Å²) < 4.78 is 29.1. The zero-order chi connectivity index (χ0) is 16.3. The normalized spacial score (nSPS) is 16.0.